The van der Waals surface area contributed by atoms with Crippen LogP contribution in [0.15, 0.2) is 18.3 Å². The number of nitrogens with zero attached hydrogens (tertiary/aromatic N) is 1. The summed E-state index contributed by atoms with van der Waals surface area (Å²) in [6.07, 6.45) is 1.75. The molecule has 2 N–H and O–H groups in total. The predicted octanol–water partition coefficient (Wildman–Crippen LogP) is 0.539. The number of carbonyl (C=O) groups is 1. The van der Waals surface area contributed by atoms with Crippen molar-refractivity contribution in [3.05, 3.63) is 29.6 Å². The number of hydrogen-bond acceptors (Lipinski definition) is 3. The van der Waals surface area contributed by atoms with E-state index in [1.165, 1.54) is 0 Å². The number of nitrogens with one attached hydrogen (secondary N) is 2. The fourth-order valence-corrected chi connectivity index (χ4v) is 1.68. The average molecular weight is 205 g/mol. The fourth-order valence-electron chi connectivity index (χ4n) is 1.68. The van der Waals surface area contributed by atoms with Gasteiger partial charge < -0.3 is 10.6 Å². The standard InChI is InChI=1S/C11H15N3O/c1-7-3-4-9(6-12-7)10-11(15)14-8(2)5-13-10/h3-4,6,8,10,13H,5H2,1-2H3,(H,14,15). The van der Waals surface area contributed by atoms with E-state index in [2.05, 4.69) is 15.6 Å². The van der Waals surface area contributed by atoms with Crippen LogP contribution in [-0.4, -0.2) is 23.5 Å². The molecule has 1 aliphatic heterocycles. The number of rotatable bonds is 1. The summed E-state index contributed by atoms with van der Waals surface area (Å²) in [5.41, 5.74) is 1.88. The third-order valence-corrected chi connectivity index (χ3v) is 2.55. The average Bonchev–Trinajstić information content (AvgIpc) is 2.20. The number of aromatic nitrogens is 1. The van der Waals surface area contributed by atoms with E-state index in [1.807, 2.05) is 26.0 Å². The van der Waals surface area contributed by atoms with E-state index in [0.29, 0.717) is 0 Å². The van der Waals surface area contributed by atoms with Gasteiger partial charge in [0.15, 0.2) is 0 Å². The molecular weight excluding hydrogens is 190 g/mol. The van der Waals surface area contributed by atoms with Gasteiger partial charge in [-0.05, 0) is 25.5 Å². The Labute approximate surface area is 89.1 Å². The van der Waals surface area contributed by atoms with Crippen molar-refractivity contribution in [1.82, 2.24) is 15.6 Å². The van der Waals surface area contributed by atoms with Crippen molar-refractivity contribution >= 4 is 5.91 Å². The summed E-state index contributed by atoms with van der Waals surface area (Å²) in [7, 11) is 0. The number of hydrogen-bond donors (Lipinski definition) is 2. The van der Waals surface area contributed by atoms with Crippen molar-refractivity contribution in [2.24, 2.45) is 0 Å². The molecule has 0 radical (unpaired) electrons. The first kappa shape index (κ1) is 10.1. The van der Waals surface area contributed by atoms with E-state index in [9.17, 15) is 4.79 Å². The minimum absolute atomic E-state index is 0.0272. The van der Waals surface area contributed by atoms with Gasteiger partial charge in [-0.25, -0.2) is 0 Å². The molecule has 1 amide bonds. The van der Waals surface area contributed by atoms with Gasteiger partial charge in [-0.3, -0.25) is 9.78 Å². The molecule has 2 unspecified atom stereocenters. The molecule has 2 heterocycles. The highest BCUT2D eigenvalue weighted by molar-refractivity contribution is 5.84. The second-order valence-electron chi connectivity index (χ2n) is 3.98. The molecule has 4 nitrogen and oxygen atoms in total. The van der Waals surface area contributed by atoms with Gasteiger partial charge in [-0.1, -0.05) is 6.07 Å². The van der Waals surface area contributed by atoms with Crippen molar-refractivity contribution in [2.75, 3.05) is 6.54 Å². The summed E-state index contributed by atoms with van der Waals surface area (Å²) >= 11 is 0. The Bertz CT molecular complexity index is 361. The molecular formula is C11H15N3O. The molecule has 0 bridgehead atoms. The Morgan fingerprint density at radius 2 is 2.27 bits per heavy atom. The quantitative estimate of drug-likeness (QED) is 0.703. The van der Waals surface area contributed by atoms with E-state index >= 15 is 0 Å². The highest BCUT2D eigenvalue weighted by Crippen LogP contribution is 2.15. The summed E-state index contributed by atoms with van der Waals surface area (Å²) < 4.78 is 0. The monoisotopic (exact) mass is 205 g/mol. The fraction of sp³-hybridized carbons (Fsp3) is 0.455. The van der Waals surface area contributed by atoms with Gasteiger partial charge in [0.2, 0.25) is 5.91 Å². The second-order valence-corrected chi connectivity index (χ2v) is 3.98. The van der Waals surface area contributed by atoms with Crippen LogP contribution in [0.3, 0.4) is 0 Å². The summed E-state index contributed by atoms with van der Waals surface area (Å²) in [5, 5.41) is 6.12. The number of amides is 1. The zero-order valence-electron chi connectivity index (χ0n) is 8.95. The van der Waals surface area contributed by atoms with Crippen LogP contribution in [0.4, 0.5) is 0 Å². The summed E-state index contributed by atoms with van der Waals surface area (Å²) in [6.45, 7) is 4.71. The molecule has 1 aromatic heterocycles. The van der Waals surface area contributed by atoms with Gasteiger partial charge in [0.05, 0.1) is 0 Å². The molecule has 1 aliphatic rings. The van der Waals surface area contributed by atoms with Crippen LogP contribution < -0.4 is 10.6 Å². The van der Waals surface area contributed by atoms with Crippen LogP contribution in [0.2, 0.25) is 0 Å². The van der Waals surface area contributed by atoms with Gasteiger partial charge in [0.25, 0.3) is 0 Å². The van der Waals surface area contributed by atoms with Crippen LogP contribution in [0.5, 0.6) is 0 Å². The Morgan fingerprint density at radius 1 is 1.47 bits per heavy atom. The molecule has 0 spiro atoms. The van der Waals surface area contributed by atoms with Gasteiger partial charge in [-0.2, -0.15) is 0 Å². The van der Waals surface area contributed by atoms with Gasteiger partial charge >= 0.3 is 0 Å². The first-order valence-corrected chi connectivity index (χ1v) is 5.13. The number of piperazine rings is 1. The van der Waals surface area contributed by atoms with Crippen LogP contribution in [0.1, 0.15) is 24.2 Å². The molecule has 1 fully saturated rings. The van der Waals surface area contributed by atoms with E-state index in [0.717, 1.165) is 17.8 Å². The minimum atomic E-state index is -0.255. The van der Waals surface area contributed by atoms with E-state index in [4.69, 9.17) is 0 Å². The SMILES string of the molecule is Cc1ccc(C2NCC(C)NC2=O)cn1. The van der Waals surface area contributed by atoms with Crippen LogP contribution in [0, 0.1) is 6.92 Å². The lowest BCUT2D eigenvalue weighted by molar-refractivity contribution is -0.125. The first-order chi connectivity index (χ1) is 7.16. The van der Waals surface area contributed by atoms with E-state index < -0.39 is 0 Å². The Kier molecular flexibility index (Phi) is 2.68. The van der Waals surface area contributed by atoms with E-state index in [-0.39, 0.29) is 18.0 Å². The molecule has 80 valence electrons. The highest BCUT2D eigenvalue weighted by Gasteiger charge is 2.26. The Hall–Kier alpha value is -1.42. The van der Waals surface area contributed by atoms with Crippen molar-refractivity contribution in [1.29, 1.82) is 0 Å². The maximum atomic E-state index is 11.7. The molecule has 0 aliphatic carbocycles. The van der Waals surface area contributed by atoms with Crippen LogP contribution in [0.25, 0.3) is 0 Å². The topological polar surface area (TPSA) is 54.0 Å². The Balaban J connectivity index is 2.17. The Morgan fingerprint density at radius 3 is 2.87 bits per heavy atom. The minimum Gasteiger partial charge on any atom is -0.351 e. The molecule has 1 saturated heterocycles. The predicted molar refractivity (Wildman–Crippen MR) is 57.3 cm³/mol. The van der Waals surface area contributed by atoms with Crippen LogP contribution >= 0.6 is 0 Å². The normalized spacial score (nSPS) is 26.1. The summed E-state index contributed by atoms with van der Waals surface area (Å²) in [6, 6.07) is 3.80. The van der Waals surface area contributed by atoms with E-state index in [1.54, 1.807) is 6.20 Å². The lowest BCUT2D eigenvalue weighted by Crippen LogP contribution is -2.52. The third kappa shape index (κ3) is 2.15. The maximum absolute atomic E-state index is 11.7. The largest absolute Gasteiger partial charge is 0.351 e. The third-order valence-electron chi connectivity index (χ3n) is 2.55. The second kappa shape index (κ2) is 3.98. The van der Waals surface area contributed by atoms with Crippen LogP contribution in [-0.2, 0) is 4.79 Å². The number of carbonyl (C=O) groups excluding carboxylic acids is 1. The van der Waals surface area contributed by atoms with Crippen molar-refractivity contribution in [3.63, 3.8) is 0 Å². The lowest BCUT2D eigenvalue weighted by Gasteiger charge is -2.28. The first-order valence-electron chi connectivity index (χ1n) is 5.13. The molecule has 2 rings (SSSR count). The van der Waals surface area contributed by atoms with Crippen molar-refractivity contribution < 1.29 is 4.79 Å². The molecule has 4 heteroatoms. The highest BCUT2D eigenvalue weighted by atomic mass is 16.2. The number of aryl methyl sites for hydroxylation is 1. The number of pyridine rings is 1. The van der Waals surface area contributed by atoms with Crippen molar-refractivity contribution in [3.8, 4) is 0 Å². The van der Waals surface area contributed by atoms with Gasteiger partial charge in [0.1, 0.15) is 6.04 Å². The summed E-state index contributed by atoms with van der Waals surface area (Å²) in [4.78, 5) is 15.9. The molecule has 0 saturated carbocycles. The van der Waals surface area contributed by atoms with Gasteiger partial charge in [0, 0.05) is 24.5 Å². The van der Waals surface area contributed by atoms with Gasteiger partial charge in [-0.15, -0.1) is 0 Å². The zero-order chi connectivity index (χ0) is 10.8. The molecule has 15 heavy (non-hydrogen) atoms. The van der Waals surface area contributed by atoms with Crippen molar-refractivity contribution in [2.45, 2.75) is 25.9 Å². The smallest absolute Gasteiger partial charge is 0.242 e. The maximum Gasteiger partial charge on any atom is 0.242 e. The molecule has 2 atom stereocenters. The zero-order valence-corrected chi connectivity index (χ0v) is 8.95. The summed E-state index contributed by atoms with van der Waals surface area (Å²) in [5.74, 6) is 0.0272. The lowest BCUT2D eigenvalue weighted by atomic mass is 10.0. The molecule has 1 aromatic rings. The molecule has 0 aromatic carbocycles.